The van der Waals surface area contributed by atoms with Crippen molar-refractivity contribution in [3.63, 3.8) is 0 Å². The molecule has 2 nitrogen and oxygen atoms in total. The van der Waals surface area contributed by atoms with Crippen molar-refractivity contribution in [2.75, 3.05) is 0 Å². The molecule has 0 amide bonds. The van der Waals surface area contributed by atoms with E-state index in [1.165, 1.54) is 0 Å². The summed E-state index contributed by atoms with van der Waals surface area (Å²) in [5.41, 5.74) is 12.8. The Hall–Kier alpha value is -0.930. The van der Waals surface area contributed by atoms with Crippen LogP contribution in [0.3, 0.4) is 0 Å². The van der Waals surface area contributed by atoms with Crippen molar-refractivity contribution >= 4 is 17.2 Å². The lowest BCUT2D eigenvalue weighted by Gasteiger charge is -1.98. The average Bonchev–Trinajstić information content (AvgIpc) is 2.05. The molecule has 0 aliphatic heterocycles. The van der Waals surface area contributed by atoms with Crippen LogP contribution in [0.4, 0.5) is 0 Å². The molecule has 58 valence electrons. The monoisotopic (exact) mass is 166 g/mol. The van der Waals surface area contributed by atoms with Crippen molar-refractivity contribution in [3.05, 3.63) is 35.4 Å². The molecule has 0 bridgehead atoms. The van der Waals surface area contributed by atoms with Crippen molar-refractivity contribution in [2.45, 2.75) is 6.54 Å². The summed E-state index contributed by atoms with van der Waals surface area (Å²) in [7, 11) is 0. The topological polar surface area (TPSA) is 52.0 Å². The van der Waals surface area contributed by atoms with E-state index in [1.807, 2.05) is 24.3 Å². The number of hydrogen-bond donors (Lipinski definition) is 2. The molecule has 0 radical (unpaired) electrons. The maximum Gasteiger partial charge on any atom is 0.103 e. The average molecular weight is 166 g/mol. The van der Waals surface area contributed by atoms with Crippen molar-refractivity contribution in [2.24, 2.45) is 11.5 Å². The van der Waals surface area contributed by atoms with E-state index in [9.17, 15) is 0 Å². The zero-order valence-corrected chi connectivity index (χ0v) is 6.90. The van der Waals surface area contributed by atoms with Gasteiger partial charge in [-0.15, -0.1) is 0 Å². The normalized spacial score (nSPS) is 9.55. The van der Waals surface area contributed by atoms with Gasteiger partial charge in [-0.25, -0.2) is 0 Å². The molecule has 1 rings (SSSR count). The minimum atomic E-state index is 0.425. The zero-order chi connectivity index (χ0) is 8.27. The second kappa shape index (κ2) is 3.46. The van der Waals surface area contributed by atoms with E-state index in [1.54, 1.807) is 0 Å². The molecule has 0 fully saturated rings. The maximum atomic E-state index is 5.41. The van der Waals surface area contributed by atoms with Gasteiger partial charge in [0.15, 0.2) is 0 Å². The first-order valence-corrected chi connectivity index (χ1v) is 3.73. The van der Waals surface area contributed by atoms with Crippen molar-refractivity contribution in [3.8, 4) is 0 Å². The number of hydrogen-bond acceptors (Lipinski definition) is 2. The number of thiocarbonyl (C=S) groups is 1. The summed E-state index contributed by atoms with van der Waals surface area (Å²) < 4.78 is 0. The van der Waals surface area contributed by atoms with Gasteiger partial charge in [0, 0.05) is 12.1 Å². The van der Waals surface area contributed by atoms with Crippen molar-refractivity contribution in [1.29, 1.82) is 0 Å². The van der Waals surface area contributed by atoms with E-state index in [4.69, 9.17) is 23.7 Å². The lowest BCUT2D eigenvalue weighted by molar-refractivity contribution is 1.07. The molecule has 1 aromatic carbocycles. The van der Waals surface area contributed by atoms with E-state index < -0.39 is 0 Å². The first-order chi connectivity index (χ1) is 5.24. The Labute approximate surface area is 71.2 Å². The van der Waals surface area contributed by atoms with E-state index in [-0.39, 0.29) is 0 Å². The van der Waals surface area contributed by atoms with Gasteiger partial charge >= 0.3 is 0 Å². The van der Waals surface area contributed by atoms with Crippen LogP contribution in [-0.4, -0.2) is 4.99 Å². The predicted octanol–water partition coefficient (Wildman–Crippen LogP) is 0.780. The smallest absolute Gasteiger partial charge is 0.103 e. The molecule has 0 aliphatic carbocycles. The SMILES string of the molecule is NCc1ccc(C(N)=S)cc1. The summed E-state index contributed by atoms with van der Waals surface area (Å²) in [6.45, 7) is 0.553. The Balaban J connectivity index is 2.91. The Bertz CT molecular complexity index is 253. The van der Waals surface area contributed by atoms with Gasteiger partial charge < -0.3 is 11.5 Å². The van der Waals surface area contributed by atoms with Gasteiger partial charge in [0.2, 0.25) is 0 Å². The lowest BCUT2D eigenvalue weighted by Crippen LogP contribution is -2.09. The second-order valence-electron chi connectivity index (χ2n) is 2.27. The Morgan fingerprint density at radius 3 is 2.18 bits per heavy atom. The molecule has 0 aliphatic rings. The maximum absolute atomic E-state index is 5.41. The largest absolute Gasteiger partial charge is 0.389 e. The lowest BCUT2D eigenvalue weighted by atomic mass is 10.1. The third-order valence-electron chi connectivity index (χ3n) is 1.47. The van der Waals surface area contributed by atoms with E-state index in [0.717, 1.165) is 11.1 Å². The van der Waals surface area contributed by atoms with Gasteiger partial charge in [0.25, 0.3) is 0 Å². The molecule has 0 atom stereocenters. The first kappa shape index (κ1) is 8.17. The highest BCUT2D eigenvalue weighted by Gasteiger charge is 1.94. The molecule has 4 N–H and O–H groups in total. The van der Waals surface area contributed by atoms with Crippen LogP contribution in [0.25, 0.3) is 0 Å². The van der Waals surface area contributed by atoms with Gasteiger partial charge in [-0.05, 0) is 5.56 Å². The Kier molecular flexibility index (Phi) is 2.57. The van der Waals surface area contributed by atoms with Crippen LogP contribution in [0.1, 0.15) is 11.1 Å². The molecule has 0 saturated carbocycles. The van der Waals surface area contributed by atoms with Crippen molar-refractivity contribution < 1.29 is 0 Å². The Morgan fingerprint density at radius 1 is 1.27 bits per heavy atom. The summed E-state index contributed by atoms with van der Waals surface area (Å²) in [6.07, 6.45) is 0. The summed E-state index contributed by atoms with van der Waals surface area (Å²) in [5.74, 6) is 0. The first-order valence-electron chi connectivity index (χ1n) is 3.33. The number of rotatable bonds is 2. The highest BCUT2D eigenvalue weighted by Crippen LogP contribution is 2.02. The van der Waals surface area contributed by atoms with Gasteiger partial charge in [0.1, 0.15) is 4.99 Å². The fourth-order valence-corrected chi connectivity index (χ4v) is 0.941. The molecule has 0 unspecified atom stereocenters. The van der Waals surface area contributed by atoms with Crippen LogP contribution in [0.15, 0.2) is 24.3 Å². The number of nitrogens with two attached hydrogens (primary N) is 2. The predicted molar refractivity (Wildman–Crippen MR) is 50.2 cm³/mol. The fourth-order valence-electron chi connectivity index (χ4n) is 0.805. The van der Waals surface area contributed by atoms with Gasteiger partial charge in [0.05, 0.1) is 0 Å². The summed E-state index contributed by atoms with van der Waals surface area (Å²) >= 11 is 4.79. The summed E-state index contributed by atoms with van der Waals surface area (Å²) in [5, 5.41) is 0. The number of benzene rings is 1. The van der Waals surface area contributed by atoms with Crippen LogP contribution in [0, 0.1) is 0 Å². The summed E-state index contributed by atoms with van der Waals surface area (Å²) in [6, 6.07) is 7.61. The highest BCUT2D eigenvalue weighted by molar-refractivity contribution is 7.80. The van der Waals surface area contributed by atoms with Gasteiger partial charge in [-0.1, -0.05) is 36.5 Å². The van der Waals surface area contributed by atoms with Crippen LogP contribution in [0.5, 0.6) is 0 Å². The molecular formula is C8H10N2S. The minimum absolute atomic E-state index is 0.425. The molecule has 0 spiro atoms. The van der Waals surface area contributed by atoms with E-state index in [2.05, 4.69) is 0 Å². The fraction of sp³-hybridized carbons (Fsp3) is 0.125. The second-order valence-corrected chi connectivity index (χ2v) is 2.71. The van der Waals surface area contributed by atoms with E-state index in [0.29, 0.717) is 11.5 Å². The zero-order valence-electron chi connectivity index (χ0n) is 6.08. The molecule has 0 aromatic heterocycles. The molecular weight excluding hydrogens is 156 g/mol. The van der Waals surface area contributed by atoms with Crippen LogP contribution in [-0.2, 0) is 6.54 Å². The standard InChI is InChI=1S/C8H10N2S/c9-5-6-1-3-7(4-2-6)8(10)11/h1-4H,5,9H2,(H2,10,11). The van der Waals surface area contributed by atoms with Crippen LogP contribution in [0.2, 0.25) is 0 Å². The molecule has 11 heavy (non-hydrogen) atoms. The van der Waals surface area contributed by atoms with Gasteiger partial charge in [-0.2, -0.15) is 0 Å². The van der Waals surface area contributed by atoms with Crippen LogP contribution >= 0.6 is 12.2 Å². The minimum Gasteiger partial charge on any atom is -0.389 e. The Morgan fingerprint density at radius 2 is 1.82 bits per heavy atom. The molecule has 0 saturated heterocycles. The molecule has 1 aromatic rings. The third kappa shape index (κ3) is 2.00. The van der Waals surface area contributed by atoms with Crippen LogP contribution < -0.4 is 11.5 Å². The third-order valence-corrected chi connectivity index (χ3v) is 1.71. The molecule has 0 heterocycles. The quantitative estimate of drug-likeness (QED) is 0.638. The molecule has 3 heteroatoms. The van der Waals surface area contributed by atoms with Crippen molar-refractivity contribution in [1.82, 2.24) is 0 Å². The van der Waals surface area contributed by atoms with E-state index >= 15 is 0 Å². The van der Waals surface area contributed by atoms with Gasteiger partial charge in [-0.3, -0.25) is 0 Å². The highest BCUT2D eigenvalue weighted by atomic mass is 32.1. The summed E-state index contributed by atoms with van der Waals surface area (Å²) in [4.78, 5) is 0.425.